The van der Waals surface area contributed by atoms with Crippen LogP contribution in [-0.2, 0) is 6.54 Å². The van der Waals surface area contributed by atoms with E-state index < -0.39 is 0 Å². The Bertz CT molecular complexity index is 888. The molecule has 0 aliphatic heterocycles. The van der Waals surface area contributed by atoms with Gasteiger partial charge in [-0.05, 0) is 62.5 Å². The number of nitrogens with zero attached hydrogens (tertiary/aromatic N) is 2. The van der Waals surface area contributed by atoms with Crippen molar-refractivity contribution in [2.45, 2.75) is 20.4 Å². The van der Waals surface area contributed by atoms with E-state index in [9.17, 15) is 0 Å². The van der Waals surface area contributed by atoms with E-state index in [1.54, 1.807) is 7.11 Å². The molecule has 5 nitrogen and oxygen atoms in total. The van der Waals surface area contributed by atoms with Gasteiger partial charge < -0.3 is 15.4 Å². The summed E-state index contributed by atoms with van der Waals surface area (Å²) in [6.07, 6.45) is 0. The topological polar surface area (TPSA) is 51.1 Å². The second-order valence-electron chi connectivity index (χ2n) is 5.93. The van der Waals surface area contributed by atoms with Crippen LogP contribution in [-0.4, -0.2) is 22.0 Å². The molecule has 0 unspecified atom stereocenters. The summed E-state index contributed by atoms with van der Waals surface area (Å²) >= 11 is 5.40. The predicted molar refractivity (Wildman–Crippen MR) is 109 cm³/mol. The number of aromatic nitrogens is 2. The number of hydrogen-bond donors (Lipinski definition) is 2. The number of methoxy groups -OCH3 is 1. The van der Waals surface area contributed by atoms with E-state index >= 15 is 0 Å². The van der Waals surface area contributed by atoms with Gasteiger partial charge in [-0.25, -0.2) is 4.68 Å². The molecular formula is C20H22N4OS. The molecule has 0 radical (unpaired) electrons. The zero-order chi connectivity index (χ0) is 18.5. The Morgan fingerprint density at radius 2 is 1.77 bits per heavy atom. The highest BCUT2D eigenvalue weighted by Gasteiger charge is 2.12. The first-order valence-electron chi connectivity index (χ1n) is 8.38. The van der Waals surface area contributed by atoms with Crippen molar-refractivity contribution < 1.29 is 4.74 Å². The maximum atomic E-state index is 5.40. The monoisotopic (exact) mass is 366 g/mol. The average Bonchev–Trinajstić information content (AvgIpc) is 2.95. The van der Waals surface area contributed by atoms with Crippen molar-refractivity contribution in [2.24, 2.45) is 0 Å². The summed E-state index contributed by atoms with van der Waals surface area (Å²) in [5, 5.41) is 11.7. The third kappa shape index (κ3) is 4.03. The minimum Gasteiger partial charge on any atom is -0.497 e. The zero-order valence-electron chi connectivity index (χ0n) is 15.1. The standard InChI is InChI=1S/C20H22N4OS/c1-14-19(15(2)24(23-14)17-7-5-4-6-8-17)13-21-20(26)22-16-9-11-18(25-3)12-10-16/h4-12H,13H2,1-3H3,(H2,21,22,26). The number of nitrogens with one attached hydrogen (secondary N) is 2. The smallest absolute Gasteiger partial charge is 0.171 e. The van der Waals surface area contributed by atoms with Crippen molar-refractivity contribution in [3.8, 4) is 11.4 Å². The lowest BCUT2D eigenvalue weighted by molar-refractivity contribution is 0.415. The summed E-state index contributed by atoms with van der Waals surface area (Å²) in [6.45, 7) is 4.71. The number of rotatable bonds is 5. The van der Waals surface area contributed by atoms with E-state index in [2.05, 4.69) is 22.7 Å². The maximum absolute atomic E-state index is 5.40. The number of ether oxygens (including phenoxy) is 1. The first-order chi connectivity index (χ1) is 12.6. The van der Waals surface area contributed by atoms with Crippen LogP contribution in [0.25, 0.3) is 5.69 Å². The SMILES string of the molecule is COc1ccc(NC(=S)NCc2c(C)nn(-c3ccccc3)c2C)cc1. The molecule has 0 saturated carbocycles. The second-order valence-corrected chi connectivity index (χ2v) is 6.34. The van der Waals surface area contributed by atoms with Gasteiger partial charge in [0.15, 0.2) is 5.11 Å². The fourth-order valence-corrected chi connectivity index (χ4v) is 2.96. The average molecular weight is 366 g/mol. The van der Waals surface area contributed by atoms with E-state index in [4.69, 9.17) is 17.0 Å². The van der Waals surface area contributed by atoms with Crippen molar-refractivity contribution in [1.82, 2.24) is 15.1 Å². The van der Waals surface area contributed by atoms with Gasteiger partial charge in [-0.3, -0.25) is 0 Å². The Kier molecular flexibility index (Phi) is 5.53. The maximum Gasteiger partial charge on any atom is 0.171 e. The lowest BCUT2D eigenvalue weighted by Crippen LogP contribution is -2.28. The quantitative estimate of drug-likeness (QED) is 0.669. The Morgan fingerprint density at radius 3 is 2.42 bits per heavy atom. The minimum atomic E-state index is 0.571. The molecule has 3 aromatic rings. The van der Waals surface area contributed by atoms with Crippen molar-refractivity contribution in [2.75, 3.05) is 12.4 Å². The van der Waals surface area contributed by atoms with E-state index in [1.807, 2.05) is 66.2 Å². The highest BCUT2D eigenvalue weighted by Crippen LogP contribution is 2.18. The highest BCUT2D eigenvalue weighted by molar-refractivity contribution is 7.80. The van der Waals surface area contributed by atoms with Crippen LogP contribution in [0.4, 0.5) is 5.69 Å². The van der Waals surface area contributed by atoms with Crippen LogP contribution >= 0.6 is 12.2 Å². The van der Waals surface area contributed by atoms with Crippen LogP contribution in [0.3, 0.4) is 0 Å². The van der Waals surface area contributed by atoms with Crippen LogP contribution in [0.2, 0.25) is 0 Å². The molecule has 134 valence electrons. The van der Waals surface area contributed by atoms with E-state index in [0.29, 0.717) is 11.7 Å². The summed E-state index contributed by atoms with van der Waals surface area (Å²) in [6, 6.07) is 17.8. The lowest BCUT2D eigenvalue weighted by atomic mass is 10.2. The summed E-state index contributed by atoms with van der Waals surface area (Å²) in [5.41, 5.74) is 5.21. The van der Waals surface area contributed by atoms with Crippen LogP contribution in [0.15, 0.2) is 54.6 Å². The number of aryl methyl sites for hydroxylation is 1. The summed E-state index contributed by atoms with van der Waals surface area (Å²) in [7, 11) is 1.65. The molecule has 0 saturated heterocycles. The highest BCUT2D eigenvalue weighted by atomic mass is 32.1. The lowest BCUT2D eigenvalue weighted by Gasteiger charge is -2.11. The molecule has 3 rings (SSSR count). The summed E-state index contributed by atoms with van der Waals surface area (Å²) in [5.74, 6) is 0.814. The van der Waals surface area contributed by atoms with Crippen LogP contribution < -0.4 is 15.4 Å². The zero-order valence-corrected chi connectivity index (χ0v) is 15.9. The Morgan fingerprint density at radius 1 is 1.08 bits per heavy atom. The largest absolute Gasteiger partial charge is 0.497 e. The van der Waals surface area contributed by atoms with Gasteiger partial charge in [0, 0.05) is 23.5 Å². The third-order valence-corrected chi connectivity index (χ3v) is 4.46. The minimum absolute atomic E-state index is 0.571. The molecule has 0 bridgehead atoms. The van der Waals surface area contributed by atoms with Crippen molar-refractivity contribution in [3.05, 3.63) is 71.5 Å². The number of hydrogen-bond acceptors (Lipinski definition) is 3. The number of benzene rings is 2. The van der Waals surface area contributed by atoms with Gasteiger partial charge >= 0.3 is 0 Å². The van der Waals surface area contributed by atoms with Crippen molar-refractivity contribution >= 4 is 23.0 Å². The predicted octanol–water partition coefficient (Wildman–Crippen LogP) is 3.98. The summed E-state index contributed by atoms with van der Waals surface area (Å²) in [4.78, 5) is 0. The molecule has 0 fully saturated rings. The van der Waals surface area contributed by atoms with Crippen LogP contribution in [0, 0.1) is 13.8 Å². The fraction of sp³-hybridized carbons (Fsp3) is 0.200. The molecular weight excluding hydrogens is 344 g/mol. The van der Waals surface area contributed by atoms with Crippen LogP contribution in [0.1, 0.15) is 17.0 Å². The van der Waals surface area contributed by atoms with Gasteiger partial charge in [0.2, 0.25) is 0 Å². The molecule has 6 heteroatoms. The Labute approximate surface area is 159 Å². The first kappa shape index (κ1) is 17.9. The molecule has 0 aliphatic carbocycles. The molecule has 0 spiro atoms. The van der Waals surface area contributed by atoms with E-state index in [1.165, 1.54) is 0 Å². The first-order valence-corrected chi connectivity index (χ1v) is 8.78. The number of anilines is 1. The molecule has 0 aliphatic rings. The Balaban J connectivity index is 1.65. The van der Waals surface area contributed by atoms with Crippen molar-refractivity contribution in [3.63, 3.8) is 0 Å². The number of para-hydroxylation sites is 1. The Hall–Kier alpha value is -2.86. The van der Waals surface area contributed by atoms with Gasteiger partial charge in [0.25, 0.3) is 0 Å². The molecule has 1 aromatic heterocycles. The van der Waals surface area contributed by atoms with Gasteiger partial charge in [-0.2, -0.15) is 5.10 Å². The van der Waals surface area contributed by atoms with Gasteiger partial charge in [-0.1, -0.05) is 18.2 Å². The van der Waals surface area contributed by atoms with Gasteiger partial charge in [0.05, 0.1) is 18.5 Å². The molecule has 1 heterocycles. The van der Waals surface area contributed by atoms with Crippen LogP contribution in [0.5, 0.6) is 5.75 Å². The van der Waals surface area contributed by atoms with E-state index in [-0.39, 0.29) is 0 Å². The normalized spacial score (nSPS) is 10.4. The summed E-state index contributed by atoms with van der Waals surface area (Å²) < 4.78 is 7.12. The van der Waals surface area contributed by atoms with Gasteiger partial charge in [-0.15, -0.1) is 0 Å². The molecule has 0 atom stereocenters. The fourth-order valence-electron chi connectivity index (χ4n) is 2.77. The molecule has 26 heavy (non-hydrogen) atoms. The van der Waals surface area contributed by atoms with E-state index in [0.717, 1.165) is 34.1 Å². The molecule has 2 aromatic carbocycles. The van der Waals surface area contributed by atoms with Crippen molar-refractivity contribution in [1.29, 1.82) is 0 Å². The third-order valence-electron chi connectivity index (χ3n) is 4.22. The molecule has 0 amide bonds. The second kappa shape index (κ2) is 8.01. The molecule has 2 N–H and O–H groups in total. The number of thiocarbonyl (C=S) groups is 1. The van der Waals surface area contributed by atoms with Gasteiger partial charge in [0.1, 0.15) is 5.75 Å².